The van der Waals surface area contributed by atoms with E-state index in [1.807, 2.05) is 0 Å². The molecule has 0 radical (unpaired) electrons. The summed E-state index contributed by atoms with van der Waals surface area (Å²) in [5.41, 5.74) is 1.41. The van der Waals surface area contributed by atoms with Gasteiger partial charge in [-0.2, -0.15) is 4.31 Å². The van der Waals surface area contributed by atoms with E-state index in [0.29, 0.717) is 68.3 Å². The molecule has 1 saturated heterocycles. The van der Waals surface area contributed by atoms with Gasteiger partial charge in [0.25, 0.3) is 0 Å². The highest BCUT2D eigenvalue weighted by molar-refractivity contribution is 7.89. The maximum absolute atomic E-state index is 13.1. The molecule has 5 rings (SSSR count). The Bertz CT molecular complexity index is 1400. The fourth-order valence-electron chi connectivity index (χ4n) is 4.37. The maximum atomic E-state index is 13.1. The largest absolute Gasteiger partial charge is 0.486 e. The van der Waals surface area contributed by atoms with Crippen molar-refractivity contribution in [1.82, 2.24) is 8.87 Å². The number of aryl methyl sites for hydroxylation is 1. The number of rotatable bonds is 5. The zero-order valence-electron chi connectivity index (χ0n) is 18.7. The summed E-state index contributed by atoms with van der Waals surface area (Å²) in [6, 6.07) is 9.73. The first-order valence-electron chi connectivity index (χ1n) is 11.1. The van der Waals surface area contributed by atoms with E-state index in [2.05, 4.69) is 5.32 Å². The lowest BCUT2D eigenvalue weighted by atomic mass is 9.94. The Hall–Kier alpha value is -3.31. The Kier molecular flexibility index (Phi) is 5.82. The first-order valence-corrected chi connectivity index (χ1v) is 12.5. The number of benzene rings is 2. The Morgan fingerprint density at radius 2 is 1.79 bits per heavy atom. The van der Waals surface area contributed by atoms with Gasteiger partial charge in [-0.05, 0) is 43.0 Å². The van der Waals surface area contributed by atoms with Crippen LogP contribution in [-0.4, -0.2) is 49.5 Å². The Morgan fingerprint density at radius 3 is 2.56 bits per heavy atom. The zero-order valence-corrected chi connectivity index (χ0v) is 19.5. The number of aromatic nitrogens is 1. The molecule has 34 heavy (non-hydrogen) atoms. The van der Waals surface area contributed by atoms with E-state index in [0.717, 1.165) is 0 Å². The van der Waals surface area contributed by atoms with Crippen molar-refractivity contribution in [2.45, 2.75) is 24.2 Å². The molecule has 1 amide bonds. The van der Waals surface area contributed by atoms with E-state index in [9.17, 15) is 18.0 Å². The standard InChI is InChI=1S/C23H25N3O7S/c1-25-18-4-3-17(14-20(18)33-23(25)28)34(29,30)26-8-6-15(7-9-26)12-22(27)24-16-2-5-19-21(13-16)32-11-10-31-19/h2-5,13-15H,6-12H2,1H3,(H,24,27). The van der Waals surface area contributed by atoms with Crippen molar-refractivity contribution in [1.29, 1.82) is 0 Å². The number of hydrogen-bond donors (Lipinski definition) is 1. The third kappa shape index (κ3) is 4.28. The van der Waals surface area contributed by atoms with Crippen molar-refractivity contribution < 1.29 is 27.1 Å². The van der Waals surface area contributed by atoms with Gasteiger partial charge in [-0.3, -0.25) is 9.36 Å². The molecule has 3 heterocycles. The van der Waals surface area contributed by atoms with Crippen LogP contribution in [0.15, 0.2) is 50.5 Å². The quantitative estimate of drug-likeness (QED) is 0.586. The summed E-state index contributed by atoms with van der Waals surface area (Å²) in [5, 5.41) is 2.89. The van der Waals surface area contributed by atoms with E-state index in [4.69, 9.17) is 13.9 Å². The first-order chi connectivity index (χ1) is 16.3. The average molecular weight is 488 g/mol. The Balaban J connectivity index is 1.19. The molecule has 1 aromatic heterocycles. The number of amides is 1. The van der Waals surface area contributed by atoms with Gasteiger partial charge < -0.3 is 19.2 Å². The van der Waals surface area contributed by atoms with E-state index in [1.54, 1.807) is 31.3 Å². The molecule has 0 spiro atoms. The van der Waals surface area contributed by atoms with Gasteiger partial charge in [0.1, 0.15) is 13.2 Å². The lowest BCUT2D eigenvalue weighted by molar-refractivity contribution is -0.117. The molecule has 0 aliphatic carbocycles. The number of nitrogens with zero attached hydrogens (tertiary/aromatic N) is 2. The molecule has 0 saturated carbocycles. The third-order valence-corrected chi connectivity index (χ3v) is 8.17. The molecule has 2 aliphatic rings. The summed E-state index contributed by atoms with van der Waals surface area (Å²) in [5.74, 6) is 0.683. The summed E-state index contributed by atoms with van der Waals surface area (Å²) in [7, 11) is -2.16. The van der Waals surface area contributed by atoms with Crippen LogP contribution >= 0.6 is 0 Å². The van der Waals surface area contributed by atoms with Gasteiger partial charge in [0.2, 0.25) is 15.9 Å². The molecule has 11 heteroatoms. The second-order valence-electron chi connectivity index (χ2n) is 8.51. The van der Waals surface area contributed by atoms with Gasteiger partial charge in [0.05, 0.1) is 10.4 Å². The number of hydrogen-bond acceptors (Lipinski definition) is 7. The summed E-state index contributed by atoms with van der Waals surface area (Å²) in [6.07, 6.45) is 1.47. The second-order valence-corrected chi connectivity index (χ2v) is 10.5. The number of sulfonamides is 1. The maximum Gasteiger partial charge on any atom is 0.419 e. The van der Waals surface area contributed by atoms with Crippen molar-refractivity contribution in [3.8, 4) is 11.5 Å². The molecule has 1 N–H and O–H groups in total. The molecular weight excluding hydrogens is 462 g/mol. The van der Waals surface area contributed by atoms with E-state index < -0.39 is 15.8 Å². The van der Waals surface area contributed by atoms with Crippen LogP contribution in [0.2, 0.25) is 0 Å². The van der Waals surface area contributed by atoms with Gasteiger partial charge in [-0.25, -0.2) is 13.2 Å². The minimum absolute atomic E-state index is 0.0817. The van der Waals surface area contributed by atoms with Crippen LogP contribution in [0, 0.1) is 5.92 Å². The normalized spacial score (nSPS) is 17.1. The van der Waals surface area contributed by atoms with Gasteiger partial charge in [-0.1, -0.05) is 0 Å². The van der Waals surface area contributed by atoms with Crippen molar-refractivity contribution >= 4 is 32.7 Å². The van der Waals surface area contributed by atoms with E-state index in [1.165, 1.54) is 21.0 Å². The van der Waals surface area contributed by atoms with Gasteiger partial charge in [-0.15, -0.1) is 0 Å². The molecule has 0 bridgehead atoms. The summed E-state index contributed by atoms with van der Waals surface area (Å²) in [4.78, 5) is 24.3. The molecule has 1 fully saturated rings. The lowest BCUT2D eigenvalue weighted by Crippen LogP contribution is -2.39. The summed E-state index contributed by atoms with van der Waals surface area (Å²) >= 11 is 0. The van der Waals surface area contributed by atoms with Gasteiger partial charge in [0.15, 0.2) is 17.1 Å². The van der Waals surface area contributed by atoms with Crippen molar-refractivity contribution in [3.05, 3.63) is 46.9 Å². The van der Waals surface area contributed by atoms with Crippen LogP contribution in [0.5, 0.6) is 11.5 Å². The molecule has 2 aliphatic heterocycles. The third-order valence-electron chi connectivity index (χ3n) is 6.28. The highest BCUT2D eigenvalue weighted by Gasteiger charge is 2.31. The monoisotopic (exact) mass is 487 g/mol. The van der Waals surface area contributed by atoms with Crippen LogP contribution in [0.25, 0.3) is 11.1 Å². The molecule has 0 atom stereocenters. The molecule has 0 unspecified atom stereocenters. The molecule has 3 aromatic rings. The smallest absolute Gasteiger partial charge is 0.419 e. The Morgan fingerprint density at radius 1 is 1.06 bits per heavy atom. The van der Waals surface area contributed by atoms with Crippen LogP contribution in [0.3, 0.4) is 0 Å². The number of carbonyl (C=O) groups is 1. The zero-order chi connectivity index (χ0) is 23.9. The number of fused-ring (bicyclic) bond motifs is 2. The predicted molar refractivity (Wildman–Crippen MR) is 124 cm³/mol. The predicted octanol–water partition coefficient (Wildman–Crippen LogP) is 2.33. The SMILES string of the molecule is Cn1c(=O)oc2cc(S(=O)(=O)N3CCC(CC(=O)Nc4ccc5c(c4)OCCO5)CC3)ccc21. The highest BCUT2D eigenvalue weighted by Crippen LogP contribution is 2.33. The number of oxazole rings is 1. The van der Waals surface area contributed by atoms with Gasteiger partial charge in [0, 0.05) is 44.4 Å². The van der Waals surface area contributed by atoms with E-state index in [-0.39, 0.29) is 22.3 Å². The van der Waals surface area contributed by atoms with Crippen LogP contribution in [-0.2, 0) is 21.9 Å². The van der Waals surface area contributed by atoms with Crippen molar-refractivity contribution in [2.24, 2.45) is 13.0 Å². The minimum atomic E-state index is -3.73. The van der Waals surface area contributed by atoms with Crippen LogP contribution in [0.1, 0.15) is 19.3 Å². The van der Waals surface area contributed by atoms with Crippen LogP contribution < -0.4 is 20.5 Å². The first kappa shape index (κ1) is 22.5. The van der Waals surface area contributed by atoms with Crippen LogP contribution in [0.4, 0.5) is 5.69 Å². The summed E-state index contributed by atoms with van der Waals surface area (Å²) < 4.78 is 45.1. The number of ether oxygens (including phenoxy) is 2. The lowest BCUT2D eigenvalue weighted by Gasteiger charge is -2.31. The molecular formula is C23H25N3O7S. The number of carbonyl (C=O) groups excluding carboxylic acids is 1. The fourth-order valence-corrected chi connectivity index (χ4v) is 5.86. The van der Waals surface area contributed by atoms with E-state index >= 15 is 0 Å². The summed E-state index contributed by atoms with van der Waals surface area (Å²) in [6.45, 7) is 1.62. The molecule has 2 aromatic carbocycles. The topological polar surface area (TPSA) is 120 Å². The van der Waals surface area contributed by atoms with Crippen molar-refractivity contribution in [2.75, 3.05) is 31.6 Å². The minimum Gasteiger partial charge on any atom is -0.486 e. The number of nitrogens with one attached hydrogen (secondary N) is 1. The highest BCUT2D eigenvalue weighted by atomic mass is 32.2. The molecule has 180 valence electrons. The second kappa shape index (κ2) is 8.80. The van der Waals surface area contributed by atoms with Gasteiger partial charge >= 0.3 is 5.76 Å². The Labute approximate surface area is 196 Å². The average Bonchev–Trinajstić information content (AvgIpc) is 3.12. The molecule has 10 nitrogen and oxygen atoms in total. The number of piperidine rings is 1. The number of anilines is 1. The fraction of sp³-hybridized carbons (Fsp3) is 0.391. The van der Waals surface area contributed by atoms with Crippen molar-refractivity contribution in [3.63, 3.8) is 0 Å².